The van der Waals surface area contributed by atoms with Gasteiger partial charge in [-0.2, -0.15) is 0 Å². The Kier molecular flexibility index (Phi) is 6.15. The summed E-state index contributed by atoms with van der Waals surface area (Å²) in [5.74, 6) is -1.38. The molecule has 1 heterocycles. The van der Waals surface area contributed by atoms with Gasteiger partial charge in [-0.05, 0) is 35.9 Å². The number of nitrogens with one attached hydrogen (secondary N) is 3. The normalized spacial score (nSPS) is 10.3. The average molecular weight is 417 g/mol. The zero-order valence-electron chi connectivity index (χ0n) is 14.7. The van der Waals surface area contributed by atoms with E-state index in [4.69, 9.17) is 11.6 Å². The molecule has 0 bridgehead atoms. The number of hydrogen-bond donors (Lipinski definition) is 3. The fourth-order valence-electron chi connectivity index (χ4n) is 2.38. The van der Waals surface area contributed by atoms with Crippen LogP contribution in [-0.4, -0.2) is 20.8 Å². The summed E-state index contributed by atoms with van der Waals surface area (Å²) in [5.41, 5.74) is 5.11. The van der Waals surface area contributed by atoms with Crippen LogP contribution in [0.5, 0.6) is 0 Å². The molecule has 0 saturated carbocycles. The first-order valence-corrected chi connectivity index (χ1v) is 8.62. The number of nitro groups is 1. The summed E-state index contributed by atoms with van der Waals surface area (Å²) in [4.78, 5) is 30.7. The van der Waals surface area contributed by atoms with E-state index in [1.807, 2.05) is 0 Å². The molecule has 0 aliphatic heterocycles. The second-order valence-corrected chi connectivity index (χ2v) is 6.11. The molecule has 148 valence electrons. The highest BCUT2D eigenvalue weighted by Gasteiger charge is 2.23. The summed E-state index contributed by atoms with van der Waals surface area (Å²) in [5, 5.41) is 14.9. The zero-order valence-corrected chi connectivity index (χ0v) is 15.5. The molecule has 0 aliphatic carbocycles. The van der Waals surface area contributed by atoms with E-state index in [9.17, 15) is 19.3 Å². The minimum atomic E-state index is -0.679. The van der Waals surface area contributed by atoms with E-state index in [-0.39, 0.29) is 23.7 Å². The molecule has 9 nitrogen and oxygen atoms in total. The Labute approximate surface area is 169 Å². The monoisotopic (exact) mass is 416 g/mol. The van der Waals surface area contributed by atoms with Crippen molar-refractivity contribution in [2.75, 3.05) is 10.7 Å². The fourth-order valence-corrected chi connectivity index (χ4v) is 2.59. The average Bonchev–Trinajstić information content (AvgIpc) is 2.71. The van der Waals surface area contributed by atoms with Crippen LogP contribution in [0.2, 0.25) is 5.02 Å². The lowest BCUT2D eigenvalue weighted by molar-refractivity contribution is -0.383. The molecule has 1 amide bonds. The lowest BCUT2D eigenvalue weighted by Gasteiger charge is -2.11. The van der Waals surface area contributed by atoms with Gasteiger partial charge in [-0.3, -0.25) is 25.8 Å². The molecule has 3 rings (SSSR count). The molecule has 3 N–H and O–H groups in total. The van der Waals surface area contributed by atoms with Crippen molar-refractivity contribution >= 4 is 34.8 Å². The molecular weight excluding hydrogens is 403 g/mol. The third-order valence-corrected chi connectivity index (χ3v) is 4.18. The first kappa shape index (κ1) is 20.0. The summed E-state index contributed by atoms with van der Waals surface area (Å²) in [6, 6.07) is 11.8. The number of hydrazine groups is 1. The van der Waals surface area contributed by atoms with Gasteiger partial charge in [0.2, 0.25) is 11.6 Å². The minimum Gasteiger partial charge on any atom is -0.360 e. The Balaban J connectivity index is 1.76. The second-order valence-electron chi connectivity index (χ2n) is 5.71. The Hall–Kier alpha value is -3.79. The van der Waals surface area contributed by atoms with Crippen LogP contribution in [0, 0.1) is 15.9 Å². The van der Waals surface area contributed by atoms with E-state index in [2.05, 4.69) is 26.1 Å². The number of rotatable bonds is 7. The van der Waals surface area contributed by atoms with Gasteiger partial charge in [0.05, 0.1) is 4.92 Å². The molecule has 0 unspecified atom stereocenters. The molecule has 1 aromatic heterocycles. The fraction of sp³-hybridized carbons (Fsp3) is 0.0556. The minimum absolute atomic E-state index is 0.0524. The Bertz CT molecular complexity index is 1050. The highest BCUT2D eigenvalue weighted by atomic mass is 35.5. The van der Waals surface area contributed by atoms with E-state index in [0.717, 1.165) is 24.0 Å². The van der Waals surface area contributed by atoms with Crippen LogP contribution in [0.25, 0.3) is 0 Å². The summed E-state index contributed by atoms with van der Waals surface area (Å²) < 4.78 is 13.0. The molecule has 0 saturated heterocycles. The van der Waals surface area contributed by atoms with Crippen molar-refractivity contribution in [2.24, 2.45) is 0 Å². The van der Waals surface area contributed by atoms with E-state index in [0.29, 0.717) is 5.02 Å². The molecule has 11 heteroatoms. The maximum absolute atomic E-state index is 13.0. The standard InChI is InChI=1S/C18H14ClFN6O3/c19-14-4-2-1-3-12(14)9-21-16-15(26(28)29)17(23-10-22-16)24-25-18(27)11-5-7-13(20)8-6-11/h1-8,10H,9H2,(H,25,27)(H2,21,22,23,24). The van der Waals surface area contributed by atoms with Crippen molar-refractivity contribution in [2.45, 2.75) is 6.54 Å². The van der Waals surface area contributed by atoms with Gasteiger partial charge in [0, 0.05) is 17.1 Å². The number of anilines is 2. The summed E-state index contributed by atoms with van der Waals surface area (Å²) in [6.07, 6.45) is 1.11. The molecule has 0 aliphatic rings. The Morgan fingerprint density at radius 2 is 1.79 bits per heavy atom. The van der Waals surface area contributed by atoms with Crippen molar-refractivity contribution in [1.82, 2.24) is 15.4 Å². The van der Waals surface area contributed by atoms with Crippen molar-refractivity contribution in [3.8, 4) is 0 Å². The van der Waals surface area contributed by atoms with Crippen LogP contribution >= 0.6 is 11.6 Å². The first-order valence-electron chi connectivity index (χ1n) is 8.24. The lowest BCUT2D eigenvalue weighted by atomic mass is 10.2. The first-order chi connectivity index (χ1) is 14.0. The predicted molar refractivity (Wildman–Crippen MR) is 105 cm³/mol. The molecule has 2 aromatic carbocycles. The van der Waals surface area contributed by atoms with Gasteiger partial charge in [0.1, 0.15) is 12.1 Å². The third-order valence-electron chi connectivity index (χ3n) is 3.81. The number of benzene rings is 2. The Morgan fingerprint density at radius 3 is 2.48 bits per heavy atom. The maximum Gasteiger partial charge on any atom is 0.354 e. The van der Waals surface area contributed by atoms with Gasteiger partial charge in [-0.25, -0.2) is 14.4 Å². The van der Waals surface area contributed by atoms with Crippen LogP contribution in [0.15, 0.2) is 54.9 Å². The van der Waals surface area contributed by atoms with E-state index < -0.39 is 22.3 Å². The lowest BCUT2D eigenvalue weighted by Crippen LogP contribution is -2.30. The molecule has 29 heavy (non-hydrogen) atoms. The highest BCUT2D eigenvalue weighted by molar-refractivity contribution is 6.31. The van der Waals surface area contributed by atoms with Gasteiger partial charge in [0.25, 0.3) is 5.91 Å². The SMILES string of the molecule is O=C(NNc1ncnc(NCc2ccccc2Cl)c1[N+](=O)[O-])c1ccc(F)cc1. The van der Waals surface area contributed by atoms with Gasteiger partial charge in [-0.15, -0.1) is 0 Å². The number of halogens is 2. The smallest absolute Gasteiger partial charge is 0.354 e. The third kappa shape index (κ3) is 4.93. The highest BCUT2D eigenvalue weighted by Crippen LogP contribution is 2.29. The second kappa shape index (κ2) is 8.93. The van der Waals surface area contributed by atoms with Crippen LogP contribution in [0.1, 0.15) is 15.9 Å². The molecule has 0 spiro atoms. The topological polar surface area (TPSA) is 122 Å². The van der Waals surface area contributed by atoms with E-state index in [1.54, 1.807) is 24.3 Å². The largest absolute Gasteiger partial charge is 0.360 e. The van der Waals surface area contributed by atoms with Gasteiger partial charge >= 0.3 is 5.69 Å². The number of nitrogens with zero attached hydrogens (tertiary/aromatic N) is 3. The van der Waals surface area contributed by atoms with Crippen LogP contribution in [0.3, 0.4) is 0 Å². The molecule has 0 fully saturated rings. The van der Waals surface area contributed by atoms with Crippen molar-refractivity contribution < 1.29 is 14.1 Å². The predicted octanol–water partition coefficient (Wildman–Crippen LogP) is 3.55. The number of carbonyl (C=O) groups excluding carboxylic acids is 1. The van der Waals surface area contributed by atoms with Crippen molar-refractivity contribution in [3.05, 3.63) is 86.9 Å². The van der Waals surface area contributed by atoms with Gasteiger partial charge in [0.15, 0.2) is 0 Å². The van der Waals surface area contributed by atoms with Crippen molar-refractivity contribution in [3.63, 3.8) is 0 Å². The summed E-state index contributed by atoms with van der Waals surface area (Å²) in [6.45, 7) is 0.193. The number of aromatic nitrogens is 2. The van der Waals surface area contributed by atoms with Crippen LogP contribution < -0.4 is 16.2 Å². The zero-order chi connectivity index (χ0) is 20.8. The van der Waals surface area contributed by atoms with E-state index in [1.165, 1.54) is 12.1 Å². The number of hydrogen-bond acceptors (Lipinski definition) is 7. The summed E-state index contributed by atoms with van der Waals surface area (Å²) >= 11 is 6.09. The van der Waals surface area contributed by atoms with Crippen molar-refractivity contribution in [1.29, 1.82) is 0 Å². The van der Waals surface area contributed by atoms with Gasteiger partial charge in [-0.1, -0.05) is 29.8 Å². The molecule has 0 radical (unpaired) electrons. The van der Waals surface area contributed by atoms with Gasteiger partial charge < -0.3 is 5.32 Å². The van der Waals surface area contributed by atoms with E-state index >= 15 is 0 Å². The quantitative estimate of drug-likeness (QED) is 0.397. The molecular formula is C18H14ClFN6O3. The molecule has 0 atom stereocenters. The van der Waals surface area contributed by atoms with Crippen LogP contribution in [-0.2, 0) is 6.54 Å². The Morgan fingerprint density at radius 1 is 1.10 bits per heavy atom. The number of carbonyl (C=O) groups is 1. The van der Waals surface area contributed by atoms with Crippen LogP contribution in [0.4, 0.5) is 21.7 Å². The molecule has 3 aromatic rings. The number of amides is 1. The summed E-state index contributed by atoms with van der Waals surface area (Å²) in [7, 11) is 0. The maximum atomic E-state index is 13.0.